The lowest BCUT2D eigenvalue weighted by molar-refractivity contribution is 0.0946. The van der Waals surface area contributed by atoms with E-state index in [0.717, 1.165) is 21.2 Å². The summed E-state index contributed by atoms with van der Waals surface area (Å²) < 4.78 is 5.11. The van der Waals surface area contributed by atoms with Crippen molar-refractivity contribution in [2.75, 3.05) is 7.11 Å². The Bertz CT molecular complexity index is 749. The molecule has 1 amide bonds. The van der Waals surface area contributed by atoms with Crippen LogP contribution in [0.1, 0.15) is 16.1 Å². The normalized spacial score (nSPS) is 10.4. The number of benzene rings is 1. The largest absolute Gasteiger partial charge is 0.497 e. The lowest BCUT2D eigenvalue weighted by atomic mass is 10.2. The Hall–Kier alpha value is -2.18. The first-order valence-corrected chi connectivity index (χ1v) is 8.43. The van der Waals surface area contributed by atoms with Crippen molar-refractivity contribution >= 4 is 28.6 Å². The average Bonchev–Trinajstić information content (AvgIpc) is 3.23. The van der Waals surface area contributed by atoms with Crippen molar-refractivity contribution in [1.29, 1.82) is 0 Å². The Balaban J connectivity index is 1.62. The highest BCUT2D eigenvalue weighted by atomic mass is 32.1. The van der Waals surface area contributed by atoms with E-state index in [9.17, 15) is 4.79 Å². The topological polar surface area (TPSA) is 51.2 Å². The summed E-state index contributed by atoms with van der Waals surface area (Å²) in [5, 5.41) is 7.55. The quantitative estimate of drug-likeness (QED) is 0.774. The highest BCUT2D eigenvalue weighted by Crippen LogP contribution is 2.27. The summed E-state index contributed by atoms with van der Waals surface area (Å²) in [5.74, 6) is 0.644. The van der Waals surface area contributed by atoms with Gasteiger partial charge in [-0.15, -0.1) is 22.7 Å². The molecular formula is C16H14N2O2S2. The van der Waals surface area contributed by atoms with E-state index in [2.05, 4.69) is 10.3 Å². The Morgan fingerprint density at radius 1 is 1.23 bits per heavy atom. The summed E-state index contributed by atoms with van der Waals surface area (Å²) in [6, 6.07) is 11.6. The second-order valence-corrected chi connectivity index (χ2v) is 6.35. The van der Waals surface area contributed by atoms with Crippen molar-refractivity contribution in [3.63, 3.8) is 0 Å². The molecule has 0 aliphatic heterocycles. The molecule has 6 heteroatoms. The van der Waals surface area contributed by atoms with E-state index in [-0.39, 0.29) is 5.91 Å². The molecule has 0 aliphatic rings. The summed E-state index contributed by atoms with van der Waals surface area (Å²) in [6.07, 6.45) is 0. The maximum atomic E-state index is 12.1. The molecule has 2 heterocycles. The van der Waals surface area contributed by atoms with Gasteiger partial charge in [0.15, 0.2) is 0 Å². The van der Waals surface area contributed by atoms with Crippen LogP contribution in [0.5, 0.6) is 5.75 Å². The lowest BCUT2D eigenvalue weighted by Gasteiger charge is -2.04. The molecule has 0 saturated heterocycles. The van der Waals surface area contributed by atoms with Crippen LogP contribution in [0.4, 0.5) is 0 Å². The maximum Gasteiger partial charge on any atom is 0.271 e. The molecular weight excluding hydrogens is 316 g/mol. The number of ether oxygens (including phenoxy) is 1. The number of carbonyl (C=O) groups excluding carboxylic acids is 1. The number of rotatable bonds is 5. The van der Waals surface area contributed by atoms with Gasteiger partial charge in [-0.25, -0.2) is 4.98 Å². The Morgan fingerprint density at radius 3 is 2.73 bits per heavy atom. The molecule has 112 valence electrons. The molecule has 0 aliphatic carbocycles. The fraction of sp³-hybridized carbons (Fsp3) is 0.125. The second kappa shape index (κ2) is 6.72. The second-order valence-electron chi connectivity index (χ2n) is 4.55. The molecule has 0 fully saturated rings. The van der Waals surface area contributed by atoms with Crippen LogP contribution in [0.15, 0.2) is 47.2 Å². The third kappa shape index (κ3) is 3.35. The molecule has 0 bridgehead atoms. The van der Waals surface area contributed by atoms with Crippen LogP contribution >= 0.6 is 22.7 Å². The minimum atomic E-state index is -0.158. The predicted octanol–water partition coefficient (Wildman–Crippen LogP) is 3.81. The fourth-order valence-electron chi connectivity index (χ4n) is 1.91. The Kier molecular flexibility index (Phi) is 4.50. The molecule has 2 aromatic heterocycles. The average molecular weight is 330 g/mol. The first kappa shape index (κ1) is 14.7. The van der Waals surface area contributed by atoms with E-state index >= 15 is 0 Å². The maximum absolute atomic E-state index is 12.1. The number of thiophene rings is 1. The van der Waals surface area contributed by atoms with Crippen molar-refractivity contribution in [1.82, 2.24) is 10.3 Å². The number of carbonyl (C=O) groups is 1. The molecule has 0 radical (unpaired) electrons. The van der Waals surface area contributed by atoms with Crippen LogP contribution in [0.3, 0.4) is 0 Å². The van der Waals surface area contributed by atoms with Crippen LogP contribution in [0.25, 0.3) is 9.88 Å². The highest BCUT2D eigenvalue weighted by Gasteiger charge is 2.12. The van der Waals surface area contributed by atoms with E-state index in [0.29, 0.717) is 12.2 Å². The van der Waals surface area contributed by atoms with E-state index < -0.39 is 0 Å². The Morgan fingerprint density at radius 2 is 2.05 bits per heavy atom. The van der Waals surface area contributed by atoms with E-state index in [1.807, 2.05) is 41.8 Å². The molecule has 1 N–H and O–H groups in total. The van der Waals surface area contributed by atoms with E-state index in [1.54, 1.807) is 23.8 Å². The van der Waals surface area contributed by atoms with Gasteiger partial charge < -0.3 is 10.1 Å². The molecule has 4 nitrogen and oxygen atoms in total. The number of thiazole rings is 1. The zero-order valence-corrected chi connectivity index (χ0v) is 13.5. The molecule has 0 spiro atoms. The zero-order valence-electron chi connectivity index (χ0n) is 11.9. The SMILES string of the molecule is COc1ccc(CNC(=O)c2csc(-c3cccs3)n2)cc1. The van der Waals surface area contributed by atoms with Gasteiger partial charge in [-0.05, 0) is 29.1 Å². The van der Waals surface area contributed by atoms with E-state index in [4.69, 9.17) is 4.74 Å². The van der Waals surface area contributed by atoms with Gasteiger partial charge in [-0.2, -0.15) is 0 Å². The zero-order chi connectivity index (χ0) is 15.4. The number of nitrogens with zero attached hydrogens (tertiary/aromatic N) is 1. The third-order valence-electron chi connectivity index (χ3n) is 3.08. The van der Waals surface area contributed by atoms with Crippen LogP contribution < -0.4 is 10.1 Å². The van der Waals surface area contributed by atoms with Crippen LogP contribution in [-0.2, 0) is 6.54 Å². The standard InChI is InChI=1S/C16H14N2O2S2/c1-20-12-6-4-11(5-7-12)9-17-15(19)13-10-22-16(18-13)14-3-2-8-21-14/h2-8,10H,9H2,1H3,(H,17,19). The van der Waals surface area contributed by atoms with Gasteiger partial charge in [0, 0.05) is 11.9 Å². The number of hydrogen-bond donors (Lipinski definition) is 1. The summed E-state index contributed by atoms with van der Waals surface area (Å²) in [6.45, 7) is 0.467. The summed E-state index contributed by atoms with van der Waals surface area (Å²) >= 11 is 3.10. The van der Waals surface area contributed by atoms with Gasteiger partial charge in [0.25, 0.3) is 5.91 Å². The third-order valence-corrected chi connectivity index (χ3v) is 4.96. The molecule has 3 rings (SSSR count). The van der Waals surface area contributed by atoms with Crippen LogP contribution in [-0.4, -0.2) is 18.0 Å². The van der Waals surface area contributed by atoms with Crippen molar-refractivity contribution < 1.29 is 9.53 Å². The fourth-order valence-corrected chi connectivity index (χ4v) is 3.52. The lowest BCUT2D eigenvalue weighted by Crippen LogP contribution is -2.23. The van der Waals surface area contributed by atoms with Crippen LogP contribution in [0, 0.1) is 0 Å². The van der Waals surface area contributed by atoms with Crippen molar-refractivity contribution in [3.8, 4) is 15.6 Å². The number of nitrogens with one attached hydrogen (secondary N) is 1. The molecule has 3 aromatic rings. The first-order chi connectivity index (χ1) is 10.8. The monoisotopic (exact) mass is 330 g/mol. The molecule has 0 saturated carbocycles. The van der Waals surface area contributed by atoms with Crippen LogP contribution in [0.2, 0.25) is 0 Å². The Labute approximate surface area is 136 Å². The highest BCUT2D eigenvalue weighted by molar-refractivity contribution is 7.20. The number of aromatic nitrogens is 1. The van der Waals surface area contributed by atoms with Crippen molar-refractivity contribution in [3.05, 3.63) is 58.4 Å². The summed E-state index contributed by atoms with van der Waals surface area (Å²) in [5.41, 5.74) is 1.48. The molecule has 0 atom stereocenters. The summed E-state index contributed by atoms with van der Waals surface area (Å²) in [7, 11) is 1.63. The number of hydrogen-bond acceptors (Lipinski definition) is 5. The predicted molar refractivity (Wildman–Crippen MR) is 89.6 cm³/mol. The first-order valence-electron chi connectivity index (χ1n) is 6.67. The molecule has 0 unspecified atom stereocenters. The summed E-state index contributed by atoms with van der Waals surface area (Å²) in [4.78, 5) is 17.6. The van der Waals surface area contributed by atoms with Gasteiger partial charge >= 0.3 is 0 Å². The minimum absolute atomic E-state index is 0.158. The molecule has 1 aromatic carbocycles. The number of amides is 1. The van der Waals surface area contributed by atoms with Gasteiger partial charge in [-0.3, -0.25) is 4.79 Å². The van der Waals surface area contributed by atoms with Gasteiger partial charge in [0.05, 0.1) is 12.0 Å². The minimum Gasteiger partial charge on any atom is -0.497 e. The van der Waals surface area contributed by atoms with Crippen molar-refractivity contribution in [2.24, 2.45) is 0 Å². The van der Waals surface area contributed by atoms with Gasteiger partial charge in [0.1, 0.15) is 16.5 Å². The smallest absolute Gasteiger partial charge is 0.271 e. The van der Waals surface area contributed by atoms with Crippen molar-refractivity contribution in [2.45, 2.75) is 6.54 Å². The van der Waals surface area contributed by atoms with Gasteiger partial charge in [0.2, 0.25) is 0 Å². The van der Waals surface area contributed by atoms with E-state index in [1.165, 1.54) is 11.3 Å². The number of methoxy groups -OCH3 is 1. The van der Waals surface area contributed by atoms with Gasteiger partial charge in [-0.1, -0.05) is 18.2 Å². The molecule has 22 heavy (non-hydrogen) atoms.